The van der Waals surface area contributed by atoms with Gasteiger partial charge in [0.2, 0.25) is 0 Å². The molecule has 5 nitrogen and oxygen atoms in total. The molecule has 0 fully saturated rings. The summed E-state index contributed by atoms with van der Waals surface area (Å²) < 4.78 is 6.97. The summed E-state index contributed by atoms with van der Waals surface area (Å²) in [5.41, 5.74) is 2.66. The standard InChI is InChI=1S/C18H19N3O2/c1-5-14(6-2)21-11(3)16(18(22)23-4)17-13(10-20)7-12(9-19)8-15(17)21/h7-8,14H,5-6H2,1-4H3. The van der Waals surface area contributed by atoms with Gasteiger partial charge in [-0.15, -0.1) is 0 Å². The molecule has 0 unspecified atom stereocenters. The third-order valence-corrected chi connectivity index (χ3v) is 4.30. The summed E-state index contributed by atoms with van der Waals surface area (Å²) >= 11 is 0. The van der Waals surface area contributed by atoms with Gasteiger partial charge in [-0.05, 0) is 31.9 Å². The normalized spacial score (nSPS) is 10.6. The molecule has 0 bridgehead atoms. The summed E-state index contributed by atoms with van der Waals surface area (Å²) in [6, 6.07) is 7.65. The van der Waals surface area contributed by atoms with Crippen LogP contribution < -0.4 is 0 Å². The Bertz CT molecular complexity index is 846. The molecule has 0 atom stereocenters. The van der Waals surface area contributed by atoms with Gasteiger partial charge in [-0.25, -0.2) is 4.79 Å². The Kier molecular flexibility index (Phi) is 4.71. The molecule has 0 aliphatic rings. The van der Waals surface area contributed by atoms with Crippen molar-refractivity contribution in [1.29, 1.82) is 10.5 Å². The van der Waals surface area contributed by atoms with Crippen LogP contribution in [0, 0.1) is 29.6 Å². The van der Waals surface area contributed by atoms with E-state index in [4.69, 9.17) is 4.74 Å². The molecule has 0 aliphatic carbocycles. The lowest BCUT2D eigenvalue weighted by Crippen LogP contribution is -2.10. The second kappa shape index (κ2) is 6.54. The van der Waals surface area contributed by atoms with Gasteiger partial charge < -0.3 is 9.30 Å². The quantitative estimate of drug-likeness (QED) is 0.804. The minimum atomic E-state index is -0.460. The molecule has 23 heavy (non-hydrogen) atoms. The predicted octanol–water partition coefficient (Wildman–Crippen LogP) is 3.84. The van der Waals surface area contributed by atoms with Crippen LogP contribution in [0.3, 0.4) is 0 Å². The van der Waals surface area contributed by atoms with E-state index in [2.05, 4.69) is 30.6 Å². The number of esters is 1. The zero-order valence-corrected chi connectivity index (χ0v) is 13.8. The highest BCUT2D eigenvalue weighted by Crippen LogP contribution is 2.34. The monoisotopic (exact) mass is 309 g/mol. The molecule has 1 heterocycles. The number of methoxy groups -OCH3 is 1. The number of benzene rings is 1. The van der Waals surface area contributed by atoms with Crippen LogP contribution in [0.1, 0.15) is 59.9 Å². The Morgan fingerprint density at radius 1 is 1.26 bits per heavy atom. The van der Waals surface area contributed by atoms with E-state index < -0.39 is 5.97 Å². The maximum absolute atomic E-state index is 12.3. The largest absolute Gasteiger partial charge is 0.465 e. The second-order valence-electron chi connectivity index (χ2n) is 5.43. The molecule has 0 amide bonds. The van der Waals surface area contributed by atoms with Crippen molar-refractivity contribution in [2.24, 2.45) is 0 Å². The van der Waals surface area contributed by atoms with Gasteiger partial charge in [-0.2, -0.15) is 10.5 Å². The van der Waals surface area contributed by atoms with Crippen molar-refractivity contribution >= 4 is 16.9 Å². The molecule has 0 radical (unpaired) electrons. The first-order chi connectivity index (χ1) is 11.0. The predicted molar refractivity (Wildman–Crippen MR) is 87.1 cm³/mol. The number of nitrogens with zero attached hydrogens (tertiary/aromatic N) is 3. The number of rotatable bonds is 4. The van der Waals surface area contributed by atoms with E-state index in [1.807, 2.05) is 6.92 Å². The van der Waals surface area contributed by atoms with Crippen molar-refractivity contribution in [3.05, 3.63) is 34.5 Å². The molecule has 0 saturated heterocycles. The Morgan fingerprint density at radius 2 is 1.91 bits per heavy atom. The number of fused-ring (bicyclic) bond motifs is 1. The number of hydrogen-bond donors (Lipinski definition) is 0. The number of aromatic nitrogens is 1. The lowest BCUT2D eigenvalue weighted by Gasteiger charge is -2.19. The smallest absolute Gasteiger partial charge is 0.340 e. The van der Waals surface area contributed by atoms with E-state index in [0.29, 0.717) is 22.1 Å². The average Bonchev–Trinajstić information content (AvgIpc) is 2.87. The topological polar surface area (TPSA) is 78.8 Å². The fourth-order valence-electron chi connectivity index (χ4n) is 3.19. The average molecular weight is 309 g/mol. The highest BCUT2D eigenvalue weighted by molar-refractivity contribution is 6.08. The van der Waals surface area contributed by atoms with Crippen molar-refractivity contribution < 1.29 is 9.53 Å². The SMILES string of the molecule is CCC(CC)n1c(C)c(C(=O)OC)c2c(C#N)cc(C#N)cc21. The third kappa shape index (κ3) is 2.55. The van der Waals surface area contributed by atoms with Gasteiger partial charge in [0.15, 0.2) is 0 Å². The van der Waals surface area contributed by atoms with E-state index in [9.17, 15) is 15.3 Å². The van der Waals surface area contributed by atoms with Crippen LogP contribution in [0.5, 0.6) is 0 Å². The minimum Gasteiger partial charge on any atom is -0.465 e. The second-order valence-corrected chi connectivity index (χ2v) is 5.43. The Morgan fingerprint density at radius 3 is 2.39 bits per heavy atom. The number of nitriles is 2. The lowest BCUT2D eigenvalue weighted by molar-refractivity contribution is 0.0601. The summed E-state index contributed by atoms with van der Waals surface area (Å²) in [4.78, 5) is 12.3. The van der Waals surface area contributed by atoms with Crippen molar-refractivity contribution in [1.82, 2.24) is 4.57 Å². The van der Waals surface area contributed by atoms with E-state index in [-0.39, 0.29) is 6.04 Å². The van der Waals surface area contributed by atoms with Crippen LogP contribution in [0.25, 0.3) is 10.9 Å². The highest BCUT2D eigenvalue weighted by Gasteiger charge is 2.26. The van der Waals surface area contributed by atoms with Crippen molar-refractivity contribution in [3.8, 4) is 12.1 Å². The Labute approximate surface area is 135 Å². The summed E-state index contributed by atoms with van der Waals surface area (Å²) in [6.07, 6.45) is 1.78. The van der Waals surface area contributed by atoms with Gasteiger partial charge in [-0.1, -0.05) is 13.8 Å². The molecule has 0 aliphatic heterocycles. The molecule has 2 rings (SSSR count). The fraction of sp³-hybridized carbons (Fsp3) is 0.389. The Hall–Kier alpha value is -2.79. The summed E-state index contributed by atoms with van der Waals surface area (Å²) in [5.74, 6) is -0.460. The lowest BCUT2D eigenvalue weighted by atomic mass is 10.0. The number of hydrogen-bond acceptors (Lipinski definition) is 4. The summed E-state index contributed by atoms with van der Waals surface area (Å²) in [6.45, 7) is 6.02. The third-order valence-electron chi connectivity index (χ3n) is 4.30. The molecule has 5 heteroatoms. The van der Waals surface area contributed by atoms with Crippen LogP contribution in [0.4, 0.5) is 0 Å². The molecule has 2 aromatic rings. The van der Waals surface area contributed by atoms with E-state index in [0.717, 1.165) is 24.1 Å². The van der Waals surface area contributed by atoms with Gasteiger partial charge in [-0.3, -0.25) is 0 Å². The van der Waals surface area contributed by atoms with Crippen molar-refractivity contribution in [2.75, 3.05) is 7.11 Å². The van der Waals surface area contributed by atoms with Gasteiger partial charge in [0.05, 0.1) is 41.5 Å². The number of carbonyl (C=O) groups excluding carboxylic acids is 1. The van der Waals surface area contributed by atoms with Gasteiger partial charge >= 0.3 is 5.97 Å². The number of carbonyl (C=O) groups is 1. The van der Waals surface area contributed by atoms with Crippen LogP contribution >= 0.6 is 0 Å². The number of ether oxygens (including phenoxy) is 1. The molecular weight excluding hydrogens is 290 g/mol. The zero-order valence-electron chi connectivity index (χ0n) is 13.8. The molecule has 0 N–H and O–H groups in total. The summed E-state index contributed by atoms with van der Waals surface area (Å²) in [7, 11) is 1.33. The molecule has 1 aromatic carbocycles. The van der Waals surface area contributed by atoms with Gasteiger partial charge in [0.25, 0.3) is 0 Å². The van der Waals surface area contributed by atoms with Gasteiger partial charge in [0.1, 0.15) is 0 Å². The maximum Gasteiger partial charge on any atom is 0.340 e. The molecular formula is C18H19N3O2. The first-order valence-electron chi connectivity index (χ1n) is 7.60. The first kappa shape index (κ1) is 16.6. The highest BCUT2D eigenvalue weighted by atomic mass is 16.5. The van der Waals surface area contributed by atoms with Crippen molar-refractivity contribution in [3.63, 3.8) is 0 Å². The van der Waals surface area contributed by atoms with E-state index in [1.54, 1.807) is 6.07 Å². The Balaban J connectivity index is 3.02. The van der Waals surface area contributed by atoms with Crippen molar-refractivity contribution in [2.45, 2.75) is 39.7 Å². The molecule has 0 saturated carbocycles. The van der Waals surface area contributed by atoms with Crippen LogP contribution in [-0.4, -0.2) is 17.6 Å². The minimum absolute atomic E-state index is 0.191. The molecule has 0 spiro atoms. The molecule has 1 aromatic heterocycles. The molecule has 118 valence electrons. The van der Waals surface area contributed by atoms with Crippen LogP contribution in [-0.2, 0) is 4.74 Å². The van der Waals surface area contributed by atoms with E-state index >= 15 is 0 Å². The first-order valence-corrected chi connectivity index (χ1v) is 7.60. The van der Waals surface area contributed by atoms with E-state index in [1.165, 1.54) is 13.2 Å². The zero-order chi connectivity index (χ0) is 17.1. The van der Waals surface area contributed by atoms with Gasteiger partial charge in [0, 0.05) is 17.1 Å². The van der Waals surface area contributed by atoms with Crippen LogP contribution in [0.2, 0.25) is 0 Å². The maximum atomic E-state index is 12.3. The fourth-order valence-corrected chi connectivity index (χ4v) is 3.19. The summed E-state index contributed by atoms with van der Waals surface area (Å²) in [5, 5.41) is 19.3. The van der Waals surface area contributed by atoms with Crippen LogP contribution in [0.15, 0.2) is 12.1 Å².